The zero-order chi connectivity index (χ0) is 27.6. The number of fused-ring (bicyclic) bond motifs is 3. The smallest absolute Gasteiger partial charge is 0.407 e. The van der Waals surface area contributed by atoms with E-state index in [1.165, 1.54) is 23.3 Å². The molecule has 2 atom stereocenters. The molecule has 1 amide bonds. The fourth-order valence-corrected chi connectivity index (χ4v) is 6.82. The van der Waals surface area contributed by atoms with Crippen molar-refractivity contribution in [2.75, 3.05) is 13.2 Å². The van der Waals surface area contributed by atoms with Gasteiger partial charge in [0.2, 0.25) is 0 Å². The van der Waals surface area contributed by atoms with Crippen LogP contribution in [0.2, 0.25) is 0 Å². The van der Waals surface area contributed by atoms with E-state index in [0.29, 0.717) is 35.8 Å². The lowest BCUT2D eigenvalue weighted by Gasteiger charge is -2.21. The van der Waals surface area contributed by atoms with E-state index >= 15 is 0 Å². The van der Waals surface area contributed by atoms with Crippen molar-refractivity contribution in [1.82, 2.24) is 20.8 Å². The second kappa shape index (κ2) is 9.52. The standard InChI is InChI=1S/C31H31FN4O3S/c1-31(2,3)39-30(37)34-28-24-22(25(24)28)15-38-23-13-19(32)6-7-20(23)27-29-21(9-11-40-29)26(35-36-27)17-4-5-18-14-33-10-8-16(18)12-17/h4-7,9,11-13,22,24-25,28,33H,8,10,14-15H2,1-3H3,(H,34,37). The average molecular weight is 559 g/mol. The Morgan fingerprint density at radius 1 is 1.10 bits per heavy atom. The maximum atomic E-state index is 14.3. The molecule has 7 nitrogen and oxygen atoms in total. The number of rotatable bonds is 6. The van der Waals surface area contributed by atoms with Gasteiger partial charge in [0.1, 0.15) is 28.6 Å². The molecule has 2 saturated carbocycles. The number of carbonyl (C=O) groups is 1. The molecule has 2 aromatic carbocycles. The van der Waals surface area contributed by atoms with E-state index in [2.05, 4.69) is 45.1 Å². The van der Waals surface area contributed by atoms with Crippen molar-refractivity contribution in [2.24, 2.45) is 17.8 Å². The third kappa shape index (κ3) is 4.71. The van der Waals surface area contributed by atoms with Crippen LogP contribution in [0.4, 0.5) is 9.18 Å². The number of ether oxygens (including phenoxy) is 2. The van der Waals surface area contributed by atoms with Gasteiger partial charge < -0.3 is 20.1 Å². The van der Waals surface area contributed by atoms with Crippen molar-refractivity contribution in [1.29, 1.82) is 0 Å². The first-order valence-electron chi connectivity index (χ1n) is 13.8. The number of benzene rings is 2. The molecule has 3 aliphatic rings. The summed E-state index contributed by atoms with van der Waals surface area (Å²) in [6.45, 7) is 7.88. The molecule has 2 aromatic heterocycles. The normalized spacial score (nSPS) is 22.8. The Kier molecular flexibility index (Phi) is 6.05. The van der Waals surface area contributed by atoms with Crippen LogP contribution in [0.25, 0.3) is 32.6 Å². The van der Waals surface area contributed by atoms with E-state index < -0.39 is 5.60 Å². The van der Waals surface area contributed by atoms with Gasteiger partial charge in [0.15, 0.2) is 0 Å². The highest BCUT2D eigenvalue weighted by Gasteiger charge is 2.74. The van der Waals surface area contributed by atoms with Crippen molar-refractivity contribution >= 4 is 27.5 Å². The van der Waals surface area contributed by atoms with Gasteiger partial charge in [-0.3, -0.25) is 0 Å². The SMILES string of the molecule is CC(C)(C)OC(=O)NC1C2C(COc3cc(F)ccc3-c3nnc(-c4ccc5c(c4)CCNC5)c4ccsc34)C12. The van der Waals surface area contributed by atoms with E-state index in [4.69, 9.17) is 9.47 Å². The molecule has 7 rings (SSSR count). The molecule has 1 aliphatic heterocycles. The first kappa shape index (κ1) is 25.4. The molecule has 0 spiro atoms. The lowest BCUT2D eigenvalue weighted by molar-refractivity contribution is 0.0506. The molecule has 0 bridgehead atoms. The Hall–Kier alpha value is -3.56. The third-order valence-corrected chi connectivity index (χ3v) is 8.97. The summed E-state index contributed by atoms with van der Waals surface area (Å²) in [6, 6.07) is 13.3. The van der Waals surface area contributed by atoms with E-state index in [1.807, 2.05) is 26.2 Å². The van der Waals surface area contributed by atoms with Crippen molar-refractivity contribution < 1.29 is 18.7 Å². The number of nitrogens with zero attached hydrogens (tertiary/aromatic N) is 2. The van der Waals surface area contributed by atoms with Crippen molar-refractivity contribution in [3.8, 4) is 28.3 Å². The van der Waals surface area contributed by atoms with Crippen molar-refractivity contribution in [3.05, 3.63) is 64.8 Å². The number of alkyl carbamates (subject to hydrolysis) is 1. The van der Waals surface area contributed by atoms with Crippen LogP contribution in [0.15, 0.2) is 47.8 Å². The minimum absolute atomic E-state index is 0.138. The monoisotopic (exact) mass is 558 g/mol. The summed E-state index contributed by atoms with van der Waals surface area (Å²) in [5.41, 5.74) is 5.48. The topological polar surface area (TPSA) is 85.4 Å². The van der Waals surface area contributed by atoms with Crippen LogP contribution in [0.1, 0.15) is 31.9 Å². The summed E-state index contributed by atoms with van der Waals surface area (Å²) in [7, 11) is 0. The zero-order valence-electron chi connectivity index (χ0n) is 22.7. The molecule has 9 heteroatoms. The van der Waals surface area contributed by atoms with Crippen LogP contribution >= 0.6 is 11.3 Å². The summed E-state index contributed by atoms with van der Waals surface area (Å²) in [5, 5.41) is 18.7. The molecule has 4 aromatic rings. The minimum Gasteiger partial charge on any atom is -0.492 e. The summed E-state index contributed by atoms with van der Waals surface area (Å²) in [5.74, 6) is 1.21. The number of amides is 1. The number of hydrogen-bond acceptors (Lipinski definition) is 7. The van der Waals surface area contributed by atoms with Crippen molar-refractivity contribution in [2.45, 2.75) is 45.4 Å². The quantitative estimate of drug-likeness (QED) is 0.304. The van der Waals surface area contributed by atoms with Gasteiger partial charge in [-0.1, -0.05) is 12.1 Å². The first-order valence-corrected chi connectivity index (χ1v) is 14.6. The second-order valence-electron chi connectivity index (χ2n) is 11.9. The first-order chi connectivity index (χ1) is 19.3. The highest BCUT2D eigenvalue weighted by molar-refractivity contribution is 7.17. The Morgan fingerprint density at radius 3 is 2.75 bits per heavy atom. The molecule has 0 saturated heterocycles. The van der Waals surface area contributed by atoms with Crippen LogP contribution in [0.5, 0.6) is 5.75 Å². The summed E-state index contributed by atoms with van der Waals surface area (Å²) < 4.78 is 26.9. The maximum absolute atomic E-state index is 14.3. The number of halogens is 1. The number of nitrogens with one attached hydrogen (secondary N) is 2. The maximum Gasteiger partial charge on any atom is 0.407 e. The van der Waals surface area contributed by atoms with Gasteiger partial charge in [-0.15, -0.1) is 21.5 Å². The zero-order valence-corrected chi connectivity index (χ0v) is 23.5. The van der Waals surface area contributed by atoms with Crippen LogP contribution in [0.3, 0.4) is 0 Å². The van der Waals surface area contributed by atoms with Crippen LogP contribution < -0.4 is 15.4 Å². The molecule has 206 valence electrons. The minimum atomic E-state index is -0.521. The van der Waals surface area contributed by atoms with Crippen LogP contribution in [-0.4, -0.2) is 41.1 Å². The Labute approximate surface area is 236 Å². The molecule has 0 radical (unpaired) electrons. The summed E-state index contributed by atoms with van der Waals surface area (Å²) in [6.07, 6.45) is 0.615. The average Bonchev–Trinajstić information content (AvgIpc) is 3.75. The summed E-state index contributed by atoms with van der Waals surface area (Å²) >= 11 is 1.60. The lowest BCUT2D eigenvalue weighted by atomic mass is 9.96. The molecule has 40 heavy (non-hydrogen) atoms. The third-order valence-electron chi connectivity index (χ3n) is 8.05. The van der Waals surface area contributed by atoms with Gasteiger partial charge in [0.05, 0.1) is 11.3 Å². The molecular formula is C31H31FN4O3S. The van der Waals surface area contributed by atoms with Crippen LogP contribution in [-0.2, 0) is 17.7 Å². The number of aromatic nitrogens is 2. The molecule has 3 heterocycles. The number of hydrogen-bond donors (Lipinski definition) is 2. The molecule has 2 fully saturated rings. The van der Waals surface area contributed by atoms with E-state index in [0.717, 1.165) is 46.4 Å². The number of thiophene rings is 1. The van der Waals surface area contributed by atoms with Gasteiger partial charge in [0.25, 0.3) is 0 Å². The number of carbonyl (C=O) groups excluding carboxylic acids is 1. The highest BCUT2D eigenvalue weighted by Crippen LogP contribution is 2.68. The molecule has 2 N–H and O–H groups in total. The summed E-state index contributed by atoms with van der Waals surface area (Å²) in [4.78, 5) is 12.0. The van der Waals surface area contributed by atoms with Gasteiger partial charge in [-0.05, 0) is 86.3 Å². The lowest BCUT2D eigenvalue weighted by Crippen LogP contribution is -2.37. The van der Waals surface area contributed by atoms with E-state index in [9.17, 15) is 9.18 Å². The predicted molar refractivity (Wildman–Crippen MR) is 153 cm³/mol. The second-order valence-corrected chi connectivity index (χ2v) is 12.8. The van der Waals surface area contributed by atoms with Gasteiger partial charge in [0, 0.05) is 41.1 Å². The van der Waals surface area contributed by atoms with Gasteiger partial charge >= 0.3 is 6.09 Å². The predicted octanol–water partition coefficient (Wildman–Crippen LogP) is 5.96. The van der Waals surface area contributed by atoms with E-state index in [-0.39, 0.29) is 18.0 Å². The Balaban J connectivity index is 1.09. The Morgan fingerprint density at radius 2 is 1.93 bits per heavy atom. The molecule has 2 unspecified atom stereocenters. The van der Waals surface area contributed by atoms with Gasteiger partial charge in [-0.2, -0.15) is 0 Å². The van der Waals surface area contributed by atoms with Crippen molar-refractivity contribution in [3.63, 3.8) is 0 Å². The molecular weight excluding hydrogens is 527 g/mol. The fourth-order valence-electron chi connectivity index (χ4n) is 5.92. The highest BCUT2D eigenvalue weighted by atomic mass is 32.1. The fraction of sp³-hybridized carbons (Fsp3) is 0.387. The van der Waals surface area contributed by atoms with Gasteiger partial charge in [-0.25, -0.2) is 9.18 Å². The van der Waals surface area contributed by atoms with Crippen LogP contribution in [0, 0.1) is 23.6 Å². The van der Waals surface area contributed by atoms with E-state index in [1.54, 1.807) is 17.4 Å². The largest absolute Gasteiger partial charge is 0.492 e. The molecule has 2 aliphatic carbocycles. The Bertz CT molecular complexity index is 1620.